The third-order valence-corrected chi connectivity index (χ3v) is 4.29. The highest BCUT2D eigenvalue weighted by Crippen LogP contribution is 2.22. The molecular formula is C15H16BrN3O2. The minimum absolute atomic E-state index is 0.0850. The Morgan fingerprint density at radius 2 is 2.19 bits per heavy atom. The number of aromatic nitrogens is 1. The first-order valence-corrected chi connectivity index (χ1v) is 7.70. The predicted octanol–water partition coefficient (Wildman–Crippen LogP) is 1.72. The zero-order valence-electron chi connectivity index (χ0n) is 11.6. The average Bonchev–Trinajstić information content (AvgIpc) is 2.47. The van der Waals surface area contributed by atoms with Crippen LogP contribution < -0.4 is 10.9 Å². The summed E-state index contributed by atoms with van der Waals surface area (Å²) in [4.78, 5) is 29.2. The topological polar surface area (TPSA) is 65.2 Å². The Hall–Kier alpha value is -1.66. The molecule has 1 aromatic heterocycles. The van der Waals surface area contributed by atoms with E-state index in [-0.39, 0.29) is 17.5 Å². The molecule has 2 aromatic rings. The van der Waals surface area contributed by atoms with Crippen LogP contribution in [0.3, 0.4) is 0 Å². The van der Waals surface area contributed by atoms with Crippen LogP contribution in [0.5, 0.6) is 0 Å². The minimum atomic E-state index is -0.254. The van der Waals surface area contributed by atoms with Gasteiger partial charge in [-0.25, -0.2) is 0 Å². The number of nitrogens with zero attached hydrogens (tertiary/aromatic N) is 1. The number of carbonyl (C=O) groups is 1. The number of aromatic amines is 1. The van der Waals surface area contributed by atoms with E-state index < -0.39 is 0 Å². The molecule has 5 nitrogen and oxygen atoms in total. The summed E-state index contributed by atoms with van der Waals surface area (Å²) in [5.74, 6) is -0.0850. The van der Waals surface area contributed by atoms with Gasteiger partial charge in [-0.3, -0.25) is 9.59 Å². The van der Waals surface area contributed by atoms with Crippen molar-refractivity contribution >= 4 is 32.7 Å². The van der Waals surface area contributed by atoms with Gasteiger partial charge >= 0.3 is 0 Å². The number of rotatable bonds is 1. The standard InChI is InChI=1S/C15H16BrN3O2/c1-9-8-17-4-5-19(9)15(21)12-7-14(20)18-13-3-2-10(16)6-11(12)13/h2-3,6-7,9,17H,4-5,8H2,1H3,(H,18,20)/t9-/m0/s1. The van der Waals surface area contributed by atoms with E-state index in [1.54, 1.807) is 6.07 Å². The second-order valence-corrected chi connectivity index (χ2v) is 6.20. The molecule has 0 radical (unpaired) electrons. The number of benzene rings is 1. The number of fused-ring (bicyclic) bond motifs is 1. The molecule has 1 aromatic carbocycles. The zero-order chi connectivity index (χ0) is 15.0. The molecule has 1 aliphatic heterocycles. The number of halogens is 1. The highest BCUT2D eigenvalue weighted by atomic mass is 79.9. The first kappa shape index (κ1) is 14.3. The Balaban J connectivity index is 2.12. The maximum absolute atomic E-state index is 12.8. The smallest absolute Gasteiger partial charge is 0.255 e. The summed E-state index contributed by atoms with van der Waals surface area (Å²) < 4.78 is 0.879. The van der Waals surface area contributed by atoms with Gasteiger partial charge < -0.3 is 15.2 Å². The second-order valence-electron chi connectivity index (χ2n) is 5.29. The van der Waals surface area contributed by atoms with E-state index in [1.165, 1.54) is 6.07 Å². The van der Waals surface area contributed by atoms with Crippen LogP contribution in [0, 0.1) is 0 Å². The third-order valence-electron chi connectivity index (χ3n) is 3.80. The molecule has 0 spiro atoms. The largest absolute Gasteiger partial charge is 0.333 e. The van der Waals surface area contributed by atoms with Crippen LogP contribution in [0.2, 0.25) is 0 Å². The molecule has 1 aliphatic rings. The second kappa shape index (κ2) is 5.61. The van der Waals surface area contributed by atoms with Crippen LogP contribution in [-0.2, 0) is 0 Å². The van der Waals surface area contributed by atoms with Gasteiger partial charge in [0.15, 0.2) is 0 Å². The molecule has 6 heteroatoms. The van der Waals surface area contributed by atoms with Crippen LogP contribution in [-0.4, -0.2) is 41.5 Å². The third kappa shape index (κ3) is 2.73. The van der Waals surface area contributed by atoms with E-state index in [0.29, 0.717) is 17.6 Å². The van der Waals surface area contributed by atoms with Crippen LogP contribution in [0.25, 0.3) is 10.9 Å². The van der Waals surface area contributed by atoms with Crippen molar-refractivity contribution in [3.8, 4) is 0 Å². The van der Waals surface area contributed by atoms with Crippen molar-refractivity contribution in [2.75, 3.05) is 19.6 Å². The number of hydrogen-bond acceptors (Lipinski definition) is 3. The van der Waals surface area contributed by atoms with Crippen LogP contribution in [0.4, 0.5) is 0 Å². The Labute approximate surface area is 130 Å². The minimum Gasteiger partial charge on any atom is -0.333 e. The molecule has 0 aliphatic carbocycles. The number of H-pyrrole nitrogens is 1. The van der Waals surface area contributed by atoms with Crippen molar-refractivity contribution in [2.45, 2.75) is 13.0 Å². The summed E-state index contributed by atoms with van der Waals surface area (Å²) in [5.41, 5.74) is 0.886. The molecule has 2 heterocycles. The van der Waals surface area contributed by atoms with Gasteiger partial charge in [0, 0.05) is 47.1 Å². The molecule has 21 heavy (non-hydrogen) atoms. The molecule has 0 bridgehead atoms. The average molecular weight is 350 g/mol. The first-order chi connectivity index (χ1) is 10.1. The fourth-order valence-corrected chi connectivity index (χ4v) is 3.06. The van der Waals surface area contributed by atoms with Crippen molar-refractivity contribution in [3.63, 3.8) is 0 Å². The number of hydrogen-bond donors (Lipinski definition) is 2. The van der Waals surface area contributed by atoms with E-state index >= 15 is 0 Å². The van der Waals surface area contributed by atoms with Gasteiger partial charge in [-0.2, -0.15) is 0 Å². The van der Waals surface area contributed by atoms with Crippen molar-refractivity contribution in [2.24, 2.45) is 0 Å². The summed E-state index contributed by atoms with van der Waals surface area (Å²) >= 11 is 3.42. The van der Waals surface area contributed by atoms with Crippen molar-refractivity contribution < 1.29 is 4.79 Å². The van der Waals surface area contributed by atoms with Crippen LogP contribution in [0.15, 0.2) is 33.5 Å². The lowest BCUT2D eigenvalue weighted by atomic mass is 10.1. The van der Waals surface area contributed by atoms with Gasteiger partial charge in [-0.1, -0.05) is 15.9 Å². The van der Waals surface area contributed by atoms with Gasteiger partial charge in [0.1, 0.15) is 0 Å². The number of carbonyl (C=O) groups excluding carboxylic acids is 1. The molecule has 1 amide bonds. The van der Waals surface area contributed by atoms with Crippen LogP contribution >= 0.6 is 15.9 Å². The molecule has 3 rings (SSSR count). The summed E-state index contributed by atoms with van der Waals surface area (Å²) in [6, 6.07) is 7.03. The van der Waals surface area contributed by atoms with E-state index in [0.717, 1.165) is 22.9 Å². The predicted molar refractivity (Wildman–Crippen MR) is 85.6 cm³/mol. The highest BCUT2D eigenvalue weighted by Gasteiger charge is 2.25. The lowest BCUT2D eigenvalue weighted by Gasteiger charge is -2.34. The van der Waals surface area contributed by atoms with E-state index in [1.807, 2.05) is 24.0 Å². The summed E-state index contributed by atoms with van der Waals surface area (Å²) in [6.07, 6.45) is 0. The van der Waals surface area contributed by atoms with E-state index in [4.69, 9.17) is 0 Å². The van der Waals surface area contributed by atoms with Gasteiger partial charge in [0.05, 0.1) is 5.56 Å². The number of piperazine rings is 1. The normalized spacial score (nSPS) is 19.0. The molecular weight excluding hydrogens is 334 g/mol. The van der Waals surface area contributed by atoms with Crippen molar-refractivity contribution in [1.29, 1.82) is 0 Å². The molecule has 2 N–H and O–H groups in total. The molecule has 0 unspecified atom stereocenters. The zero-order valence-corrected chi connectivity index (χ0v) is 13.2. The molecule has 0 saturated carbocycles. The fourth-order valence-electron chi connectivity index (χ4n) is 2.70. The van der Waals surface area contributed by atoms with Gasteiger partial charge in [-0.05, 0) is 25.1 Å². The summed E-state index contributed by atoms with van der Waals surface area (Å²) in [5, 5.41) is 4.02. The Bertz CT molecular complexity index is 756. The Kier molecular flexibility index (Phi) is 3.82. The maximum Gasteiger partial charge on any atom is 0.255 e. The van der Waals surface area contributed by atoms with E-state index in [9.17, 15) is 9.59 Å². The van der Waals surface area contributed by atoms with Gasteiger partial charge in [0.25, 0.3) is 5.91 Å². The quantitative estimate of drug-likeness (QED) is 0.823. The fraction of sp³-hybridized carbons (Fsp3) is 0.333. The molecule has 1 fully saturated rings. The number of nitrogens with one attached hydrogen (secondary N) is 2. The lowest BCUT2D eigenvalue weighted by molar-refractivity contribution is 0.0657. The lowest BCUT2D eigenvalue weighted by Crippen LogP contribution is -2.52. The molecule has 1 atom stereocenters. The Morgan fingerprint density at radius 1 is 1.38 bits per heavy atom. The Morgan fingerprint density at radius 3 is 2.95 bits per heavy atom. The van der Waals surface area contributed by atoms with Gasteiger partial charge in [-0.15, -0.1) is 0 Å². The monoisotopic (exact) mass is 349 g/mol. The first-order valence-electron chi connectivity index (χ1n) is 6.90. The summed E-state index contributed by atoms with van der Waals surface area (Å²) in [7, 11) is 0. The van der Waals surface area contributed by atoms with E-state index in [2.05, 4.69) is 26.2 Å². The number of amides is 1. The van der Waals surface area contributed by atoms with Crippen LogP contribution in [0.1, 0.15) is 17.3 Å². The van der Waals surface area contributed by atoms with Crippen molar-refractivity contribution in [3.05, 3.63) is 44.7 Å². The molecule has 110 valence electrons. The van der Waals surface area contributed by atoms with Gasteiger partial charge in [0.2, 0.25) is 5.56 Å². The highest BCUT2D eigenvalue weighted by molar-refractivity contribution is 9.10. The number of pyridine rings is 1. The molecule has 1 saturated heterocycles. The maximum atomic E-state index is 12.8. The summed E-state index contributed by atoms with van der Waals surface area (Å²) in [6.45, 7) is 4.22. The SMILES string of the molecule is C[C@H]1CNCCN1C(=O)c1cc(=O)[nH]c2ccc(Br)cc12. The van der Waals surface area contributed by atoms with Crippen molar-refractivity contribution in [1.82, 2.24) is 15.2 Å².